The number of allylic oxidation sites excluding steroid dienone is 3. The van der Waals surface area contributed by atoms with Crippen molar-refractivity contribution in [1.29, 1.82) is 0 Å². The van der Waals surface area contributed by atoms with Gasteiger partial charge in [0.1, 0.15) is 5.78 Å². The van der Waals surface area contributed by atoms with E-state index < -0.39 is 0 Å². The van der Waals surface area contributed by atoms with E-state index in [9.17, 15) is 9.90 Å². The van der Waals surface area contributed by atoms with Gasteiger partial charge >= 0.3 is 0 Å². The number of rotatable bonds is 3. The Hall–Kier alpha value is -0.890. The second-order valence-electron chi connectivity index (χ2n) is 9.78. The molecule has 2 heteroatoms. The normalized spacial score (nSPS) is 46.3. The molecule has 0 spiro atoms. The third-order valence-corrected chi connectivity index (χ3v) is 8.70. The molecular weight excluding hydrogens is 308 g/mol. The van der Waals surface area contributed by atoms with Gasteiger partial charge in [0.25, 0.3) is 0 Å². The lowest BCUT2D eigenvalue weighted by atomic mass is 9.44. The molecule has 3 saturated carbocycles. The smallest absolute Gasteiger partial charge is 0.139 e. The van der Waals surface area contributed by atoms with Gasteiger partial charge in [0, 0.05) is 18.4 Å². The van der Waals surface area contributed by atoms with Crippen molar-refractivity contribution in [2.75, 3.05) is 6.61 Å². The summed E-state index contributed by atoms with van der Waals surface area (Å²) in [7, 11) is 0. The highest BCUT2D eigenvalue weighted by atomic mass is 16.2. The lowest BCUT2D eigenvalue weighted by molar-refractivity contribution is -0.134. The number of aliphatic hydroxyl groups excluding tert-OH is 1. The zero-order valence-electron chi connectivity index (χ0n) is 16.0. The summed E-state index contributed by atoms with van der Waals surface area (Å²) in [5, 5.41) is 9.42. The summed E-state index contributed by atoms with van der Waals surface area (Å²) in [6.45, 7) is 9.30. The van der Waals surface area contributed by atoms with E-state index in [1.165, 1.54) is 18.4 Å². The van der Waals surface area contributed by atoms with Crippen LogP contribution in [0.5, 0.6) is 0 Å². The molecule has 3 fully saturated rings. The molecule has 0 aromatic carbocycles. The summed E-state index contributed by atoms with van der Waals surface area (Å²) in [5.74, 6) is 3.13. The molecule has 0 bridgehead atoms. The predicted molar refractivity (Wildman–Crippen MR) is 101 cm³/mol. The average molecular weight is 343 g/mol. The van der Waals surface area contributed by atoms with E-state index in [1.807, 2.05) is 0 Å². The lowest BCUT2D eigenvalue weighted by Gasteiger charge is -2.60. The van der Waals surface area contributed by atoms with Crippen LogP contribution < -0.4 is 0 Å². The molecule has 6 unspecified atom stereocenters. The number of carbonyl (C=O) groups excluding carboxylic acids is 1. The molecule has 0 aliphatic heterocycles. The van der Waals surface area contributed by atoms with Crippen molar-refractivity contribution < 1.29 is 9.90 Å². The van der Waals surface area contributed by atoms with Crippen molar-refractivity contribution in [2.24, 2.45) is 34.5 Å². The highest BCUT2D eigenvalue weighted by molar-refractivity contribution is 5.87. The number of fused-ring (bicyclic) bond motifs is 5. The zero-order valence-corrected chi connectivity index (χ0v) is 16.0. The van der Waals surface area contributed by atoms with Crippen LogP contribution in [0, 0.1) is 34.5 Å². The van der Waals surface area contributed by atoms with Crippen molar-refractivity contribution in [3.8, 4) is 0 Å². The largest absolute Gasteiger partial charge is 0.396 e. The minimum absolute atomic E-state index is 0.0610. The van der Waals surface area contributed by atoms with Crippen LogP contribution in [-0.4, -0.2) is 17.5 Å². The van der Waals surface area contributed by atoms with Crippen molar-refractivity contribution >= 4 is 5.78 Å². The van der Waals surface area contributed by atoms with Gasteiger partial charge in [0.2, 0.25) is 0 Å². The molecule has 4 rings (SSSR count). The molecule has 4 aliphatic carbocycles. The maximum absolute atomic E-state index is 12.7. The van der Waals surface area contributed by atoms with Gasteiger partial charge in [-0.05, 0) is 80.5 Å². The van der Waals surface area contributed by atoms with Gasteiger partial charge in [-0.15, -0.1) is 0 Å². The highest BCUT2D eigenvalue weighted by Gasteiger charge is 2.60. The molecule has 6 atom stereocenters. The first-order valence-corrected chi connectivity index (χ1v) is 10.4. The van der Waals surface area contributed by atoms with Crippen LogP contribution >= 0.6 is 0 Å². The maximum atomic E-state index is 12.7. The third kappa shape index (κ3) is 2.51. The first-order chi connectivity index (χ1) is 11.9. The number of hydrogen-bond acceptors (Lipinski definition) is 2. The van der Waals surface area contributed by atoms with Gasteiger partial charge in [0.15, 0.2) is 0 Å². The quantitative estimate of drug-likeness (QED) is 0.777. The van der Waals surface area contributed by atoms with Crippen molar-refractivity contribution in [3.63, 3.8) is 0 Å². The molecule has 1 N–H and O–H groups in total. The summed E-state index contributed by atoms with van der Waals surface area (Å²) in [5.41, 5.74) is 3.17. The second kappa shape index (κ2) is 6.08. The molecule has 0 heterocycles. The van der Waals surface area contributed by atoms with Gasteiger partial charge in [-0.25, -0.2) is 0 Å². The molecule has 0 aromatic heterocycles. The minimum Gasteiger partial charge on any atom is -0.396 e. The van der Waals surface area contributed by atoms with E-state index in [0.29, 0.717) is 34.9 Å². The molecule has 0 aromatic rings. The summed E-state index contributed by atoms with van der Waals surface area (Å²) in [6.07, 6.45) is 12.1. The fourth-order valence-electron chi connectivity index (χ4n) is 7.21. The molecule has 0 amide bonds. The van der Waals surface area contributed by atoms with Crippen LogP contribution in [0.25, 0.3) is 0 Å². The van der Waals surface area contributed by atoms with E-state index in [1.54, 1.807) is 5.57 Å². The SMILES string of the molecule is C=C1C=C2CC(CCCO)C3C4CCC(=O)C4(C)CCC3C2(C)CC1. The second-order valence-corrected chi connectivity index (χ2v) is 9.78. The molecule has 2 nitrogen and oxygen atoms in total. The molecule has 25 heavy (non-hydrogen) atoms. The minimum atomic E-state index is -0.0610. The highest BCUT2D eigenvalue weighted by Crippen LogP contribution is 2.66. The first-order valence-electron chi connectivity index (χ1n) is 10.4. The summed E-state index contributed by atoms with van der Waals surface area (Å²) in [6, 6.07) is 0. The monoisotopic (exact) mass is 342 g/mol. The molecule has 0 saturated heterocycles. The van der Waals surface area contributed by atoms with E-state index in [0.717, 1.165) is 44.9 Å². The topological polar surface area (TPSA) is 37.3 Å². The van der Waals surface area contributed by atoms with Crippen LogP contribution in [0.2, 0.25) is 0 Å². The van der Waals surface area contributed by atoms with E-state index in [-0.39, 0.29) is 12.0 Å². The van der Waals surface area contributed by atoms with E-state index in [4.69, 9.17) is 0 Å². The number of hydrogen-bond donors (Lipinski definition) is 1. The Kier molecular flexibility index (Phi) is 4.26. The standard InChI is InChI=1S/C23H34O2/c1-15-8-10-22(2)17(13-15)14-16(5-4-12-24)21-18-6-7-20(25)23(18,3)11-9-19(21)22/h13,16,18-19,21,24H,1,4-12,14H2,2-3H3. The van der Waals surface area contributed by atoms with Crippen molar-refractivity contribution in [2.45, 2.75) is 71.6 Å². The number of carbonyl (C=O) groups is 1. The van der Waals surface area contributed by atoms with Crippen LogP contribution in [0.15, 0.2) is 23.8 Å². The summed E-state index contributed by atoms with van der Waals surface area (Å²) >= 11 is 0. The molecular formula is C23H34O2. The van der Waals surface area contributed by atoms with E-state index >= 15 is 0 Å². The molecule has 4 aliphatic rings. The van der Waals surface area contributed by atoms with Gasteiger partial charge < -0.3 is 5.11 Å². The lowest BCUT2D eigenvalue weighted by Crippen LogP contribution is -2.53. The summed E-state index contributed by atoms with van der Waals surface area (Å²) in [4.78, 5) is 12.7. The molecule has 138 valence electrons. The van der Waals surface area contributed by atoms with Crippen molar-refractivity contribution in [3.05, 3.63) is 23.8 Å². The number of aliphatic hydroxyl groups is 1. The van der Waals surface area contributed by atoms with Gasteiger partial charge in [-0.1, -0.05) is 37.6 Å². The van der Waals surface area contributed by atoms with Crippen LogP contribution in [0.4, 0.5) is 0 Å². The Morgan fingerprint density at radius 1 is 1.16 bits per heavy atom. The maximum Gasteiger partial charge on any atom is 0.139 e. The Balaban J connectivity index is 1.73. The fraction of sp³-hybridized carbons (Fsp3) is 0.783. The van der Waals surface area contributed by atoms with Gasteiger partial charge in [-0.2, -0.15) is 0 Å². The predicted octanol–water partition coefficient (Wildman–Crippen LogP) is 5.07. The van der Waals surface area contributed by atoms with Gasteiger partial charge in [0.05, 0.1) is 0 Å². The Labute approximate surface area is 152 Å². The third-order valence-electron chi connectivity index (χ3n) is 8.70. The van der Waals surface area contributed by atoms with Crippen LogP contribution in [0.3, 0.4) is 0 Å². The first kappa shape index (κ1) is 17.5. The Bertz CT molecular complexity index is 618. The van der Waals surface area contributed by atoms with E-state index in [2.05, 4.69) is 26.5 Å². The Morgan fingerprint density at radius 2 is 1.92 bits per heavy atom. The fourth-order valence-corrected chi connectivity index (χ4v) is 7.21. The summed E-state index contributed by atoms with van der Waals surface area (Å²) < 4.78 is 0. The average Bonchev–Trinajstić information content (AvgIpc) is 2.89. The van der Waals surface area contributed by atoms with Crippen molar-refractivity contribution in [1.82, 2.24) is 0 Å². The number of Topliss-reactive ketones (excluding diaryl/α,β-unsaturated/α-hetero) is 1. The Morgan fingerprint density at radius 3 is 2.68 bits per heavy atom. The van der Waals surface area contributed by atoms with Crippen LogP contribution in [-0.2, 0) is 4.79 Å². The zero-order chi connectivity index (χ0) is 17.8. The molecule has 0 radical (unpaired) electrons. The number of ketones is 1. The van der Waals surface area contributed by atoms with Crippen LogP contribution in [0.1, 0.15) is 71.6 Å². The van der Waals surface area contributed by atoms with Gasteiger partial charge in [-0.3, -0.25) is 4.79 Å².